The van der Waals surface area contributed by atoms with Crippen molar-refractivity contribution in [3.63, 3.8) is 0 Å². The molecule has 5 atom stereocenters. The van der Waals surface area contributed by atoms with Crippen molar-refractivity contribution >= 4 is 5.91 Å². The summed E-state index contributed by atoms with van der Waals surface area (Å²) in [4.78, 5) is 13.3. The molecule has 132 valence electrons. The summed E-state index contributed by atoms with van der Waals surface area (Å²) in [5.41, 5.74) is 8.15. The molecule has 3 nitrogen and oxygen atoms in total. The number of nitrogens with one attached hydrogen (secondary N) is 1. The van der Waals surface area contributed by atoms with Crippen molar-refractivity contribution in [2.75, 3.05) is 0 Å². The second kappa shape index (κ2) is 4.49. The average Bonchev–Trinajstić information content (AvgIpc) is 2.56. The van der Waals surface area contributed by atoms with Crippen LogP contribution in [0.5, 0.6) is 0 Å². The Balaban J connectivity index is 1.26. The van der Waals surface area contributed by atoms with Crippen LogP contribution in [0.3, 0.4) is 0 Å². The van der Waals surface area contributed by atoms with Crippen LogP contribution in [-0.2, 0) is 10.2 Å². The molecule has 0 heterocycles. The molecule has 0 aromatic heterocycles. The molecule has 5 aliphatic rings. The zero-order chi connectivity index (χ0) is 16.9. The highest BCUT2D eigenvalue weighted by molar-refractivity contribution is 5.89. The highest BCUT2D eigenvalue weighted by Crippen LogP contribution is 2.97. The summed E-state index contributed by atoms with van der Waals surface area (Å²) in [6.07, 6.45) is 9.18. The predicted octanol–water partition coefficient (Wildman–Crippen LogP) is 3.13. The van der Waals surface area contributed by atoms with Gasteiger partial charge in [-0.05, 0) is 68.8 Å². The fourth-order valence-electron chi connectivity index (χ4n) is 8.32. The second-order valence-electron chi connectivity index (χ2n) is 9.70. The maximum absolute atomic E-state index is 13.3. The molecule has 0 bridgehead atoms. The van der Waals surface area contributed by atoms with Gasteiger partial charge in [0, 0.05) is 22.9 Å². The number of hydrogen-bond acceptors (Lipinski definition) is 2. The van der Waals surface area contributed by atoms with E-state index in [0.717, 1.165) is 50.4 Å². The van der Waals surface area contributed by atoms with Gasteiger partial charge in [-0.1, -0.05) is 30.3 Å². The first-order valence-electron chi connectivity index (χ1n) is 10.2. The summed E-state index contributed by atoms with van der Waals surface area (Å²) in [6, 6.07) is 11.8. The molecular weight excluding hydrogens is 308 g/mol. The first-order chi connectivity index (χ1) is 12.1. The van der Waals surface area contributed by atoms with Crippen molar-refractivity contribution in [1.82, 2.24) is 5.32 Å². The van der Waals surface area contributed by atoms with Crippen LogP contribution in [0.25, 0.3) is 0 Å². The van der Waals surface area contributed by atoms with Crippen LogP contribution in [0, 0.1) is 22.7 Å². The minimum atomic E-state index is -0.0335. The largest absolute Gasteiger partial charge is 0.353 e. The van der Waals surface area contributed by atoms with E-state index in [1.54, 1.807) is 0 Å². The van der Waals surface area contributed by atoms with Crippen LogP contribution in [0.4, 0.5) is 0 Å². The van der Waals surface area contributed by atoms with E-state index in [1.165, 1.54) is 18.4 Å². The van der Waals surface area contributed by atoms with E-state index in [1.807, 2.05) is 0 Å². The summed E-state index contributed by atoms with van der Waals surface area (Å²) in [5.74, 6) is 2.01. The number of carbonyl (C=O) groups excluding carboxylic acids is 1. The quantitative estimate of drug-likeness (QED) is 0.891. The Kier molecular flexibility index (Phi) is 2.65. The number of hydrogen-bond donors (Lipinski definition) is 2. The van der Waals surface area contributed by atoms with Crippen LogP contribution >= 0.6 is 0 Å². The van der Waals surface area contributed by atoms with Gasteiger partial charge in [0.05, 0.1) is 5.41 Å². The number of carbonyl (C=O) groups is 1. The Labute approximate surface area is 149 Å². The number of nitrogens with two attached hydrogens (primary N) is 1. The first-order valence-corrected chi connectivity index (χ1v) is 10.2. The zero-order valence-corrected chi connectivity index (χ0v) is 14.8. The molecule has 5 saturated carbocycles. The lowest BCUT2D eigenvalue weighted by Crippen LogP contribution is -2.94. The van der Waals surface area contributed by atoms with Crippen LogP contribution in [0.15, 0.2) is 30.3 Å². The maximum atomic E-state index is 13.3. The van der Waals surface area contributed by atoms with Gasteiger partial charge in [0.15, 0.2) is 0 Å². The molecule has 5 aliphatic carbocycles. The summed E-state index contributed by atoms with van der Waals surface area (Å²) >= 11 is 0. The van der Waals surface area contributed by atoms with Crippen LogP contribution in [0.2, 0.25) is 0 Å². The normalized spacial score (nSPS) is 51.6. The van der Waals surface area contributed by atoms with Gasteiger partial charge in [-0.25, -0.2) is 0 Å². The maximum Gasteiger partial charge on any atom is 0.227 e. The SMILES string of the molecule is NC1CCC(NC(=O)C23CC4CC5CC(c6ccccc6)(C2)C453)CC1. The molecule has 1 amide bonds. The highest BCUT2D eigenvalue weighted by Gasteiger charge is 2.95. The Bertz CT molecular complexity index is 734. The first kappa shape index (κ1) is 14.8. The fourth-order valence-corrected chi connectivity index (χ4v) is 8.32. The van der Waals surface area contributed by atoms with E-state index in [2.05, 4.69) is 35.6 Å². The minimum absolute atomic E-state index is 0.0335. The highest BCUT2D eigenvalue weighted by atomic mass is 16.2. The van der Waals surface area contributed by atoms with Crippen molar-refractivity contribution in [2.45, 2.75) is 68.9 Å². The number of amides is 1. The minimum Gasteiger partial charge on any atom is -0.353 e. The molecule has 1 aromatic rings. The van der Waals surface area contributed by atoms with Gasteiger partial charge in [-0.2, -0.15) is 0 Å². The fraction of sp³-hybridized carbons (Fsp3) is 0.682. The Morgan fingerprint density at radius 2 is 1.76 bits per heavy atom. The smallest absolute Gasteiger partial charge is 0.227 e. The molecule has 6 rings (SSSR count). The third-order valence-corrected chi connectivity index (χ3v) is 9.10. The van der Waals surface area contributed by atoms with Gasteiger partial charge in [0.1, 0.15) is 0 Å². The lowest BCUT2D eigenvalue weighted by Gasteiger charge is -2.95. The monoisotopic (exact) mass is 336 g/mol. The molecule has 3 heteroatoms. The molecule has 5 fully saturated rings. The second-order valence-corrected chi connectivity index (χ2v) is 9.70. The third kappa shape index (κ3) is 1.41. The zero-order valence-electron chi connectivity index (χ0n) is 14.8. The lowest BCUT2D eigenvalue weighted by molar-refractivity contribution is -0.430. The van der Waals surface area contributed by atoms with Crippen LogP contribution < -0.4 is 11.1 Å². The Hall–Kier alpha value is -1.35. The summed E-state index contributed by atoms with van der Waals surface area (Å²) < 4.78 is 0. The number of rotatable bonds is 3. The summed E-state index contributed by atoms with van der Waals surface area (Å²) in [5, 5.41) is 3.46. The molecular formula is C22H28N2O. The summed E-state index contributed by atoms with van der Waals surface area (Å²) in [7, 11) is 0. The van der Waals surface area contributed by atoms with Crippen molar-refractivity contribution in [3.05, 3.63) is 35.9 Å². The van der Waals surface area contributed by atoms with Gasteiger partial charge in [-0.3, -0.25) is 4.79 Å². The van der Waals surface area contributed by atoms with Gasteiger partial charge in [-0.15, -0.1) is 0 Å². The molecule has 1 aromatic carbocycles. The standard InChI is InChI=1S/C22H28N2O/c23-17-6-8-18(9-7-17)24-19(25)21-12-16-10-15-11-20(13-21,22(15,16)21)14-4-2-1-3-5-14/h1-5,15-18H,6-13,23H2,(H,24,25). The summed E-state index contributed by atoms with van der Waals surface area (Å²) in [6.45, 7) is 0. The van der Waals surface area contributed by atoms with Crippen molar-refractivity contribution in [2.24, 2.45) is 28.4 Å². The van der Waals surface area contributed by atoms with E-state index in [4.69, 9.17) is 5.73 Å². The molecule has 0 saturated heterocycles. The predicted molar refractivity (Wildman–Crippen MR) is 96.8 cm³/mol. The molecule has 0 aliphatic heterocycles. The van der Waals surface area contributed by atoms with Gasteiger partial charge in [0.25, 0.3) is 0 Å². The van der Waals surface area contributed by atoms with E-state index >= 15 is 0 Å². The van der Waals surface area contributed by atoms with E-state index < -0.39 is 0 Å². The molecule has 5 unspecified atom stereocenters. The van der Waals surface area contributed by atoms with Crippen molar-refractivity contribution in [3.8, 4) is 0 Å². The van der Waals surface area contributed by atoms with Crippen LogP contribution in [0.1, 0.15) is 56.9 Å². The average molecular weight is 336 g/mol. The van der Waals surface area contributed by atoms with Crippen molar-refractivity contribution < 1.29 is 4.79 Å². The van der Waals surface area contributed by atoms with Gasteiger partial charge >= 0.3 is 0 Å². The lowest BCUT2D eigenvalue weighted by atomic mass is 9.07. The van der Waals surface area contributed by atoms with Gasteiger partial charge < -0.3 is 11.1 Å². The Morgan fingerprint density at radius 1 is 1.04 bits per heavy atom. The molecule has 3 N–H and O–H groups in total. The molecule has 1 spiro atoms. The van der Waals surface area contributed by atoms with Crippen molar-refractivity contribution in [1.29, 1.82) is 0 Å². The van der Waals surface area contributed by atoms with E-state index in [-0.39, 0.29) is 5.41 Å². The Morgan fingerprint density at radius 3 is 2.44 bits per heavy atom. The van der Waals surface area contributed by atoms with Crippen LogP contribution in [-0.4, -0.2) is 18.0 Å². The third-order valence-electron chi connectivity index (χ3n) is 9.10. The number of benzene rings is 1. The van der Waals surface area contributed by atoms with E-state index in [9.17, 15) is 4.79 Å². The van der Waals surface area contributed by atoms with E-state index in [0.29, 0.717) is 28.8 Å². The molecule has 25 heavy (non-hydrogen) atoms. The topological polar surface area (TPSA) is 55.1 Å². The van der Waals surface area contributed by atoms with Gasteiger partial charge in [0.2, 0.25) is 5.91 Å². The molecule has 0 radical (unpaired) electrons.